The second-order valence-corrected chi connectivity index (χ2v) is 5.32. The quantitative estimate of drug-likeness (QED) is 0.829. The van der Waals surface area contributed by atoms with E-state index in [1.54, 1.807) is 7.11 Å². The number of hydrogen-bond acceptors (Lipinski definition) is 4. The first kappa shape index (κ1) is 15.6. The zero-order valence-electron chi connectivity index (χ0n) is 12.8. The molecular formula is C16H20ClN3O. The summed E-state index contributed by atoms with van der Waals surface area (Å²) in [6.07, 6.45) is 1.80. The van der Waals surface area contributed by atoms with Gasteiger partial charge >= 0.3 is 0 Å². The van der Waals surface area contributed by atoms with Gasteiger partial charge in [0.25, 0.3) is 0 Å². The number of aryl methyl sites for hydroxylation is 2. The molecule has 1 aromatic carbocycles. The Morgan fingerprint density at radius 1 is 1.24 bits per heavy atom. The van der Waals surface area contributed by atoms with Crippen LogP contribution in [0.2, 0.25) is 5.15 Å². The van der Waals surface area contributed by atoms with Crippen LogP contribution in [0.15, 0.2) is 18.2 Å². The molecule has 0 atom stereocenters. The molecule has 0 bridgehead atoms. The molecule has 0 spiro atoms. The van der Waals surface area contributed by atoms with Crippen LogP contribution in [0.5, 0.6) is 5.75 Å². The van der Waals surface area contributed by atoms with Crippen LogP contribution in [0.4, 0.5) is 11.5 Å². The van der Waals surface area contributed by atoms with Crippen molar-refractivity contribution in [3.8, 4) is 5.75 Å². The van der Waals surface area contributed by atoms with Crippen molar-refractivity contribution in [2.24, 2.45) is 0 Å². The number of anilines is 2. The van der Waals surface area contributed by atoms with Crippen molar-refractivity contribution in [1.82, 2.24) is 9.97 Å². The molecule has 0 aliphatic carbocycles. The van der Waals surface area contributed by atoms with Gasteiger partial charge in [-0.3, -0.25) is 0 Å². The SMILES string of the molecule is CCCc1nc(Cl)c(C)c(Nc2ccc(OC)c(C)c2)n1. The minimum Gasteiger partial charge on any atom is -0.496 e. The van der Waals surface area contributed by atoms with E-state index < -0.39 is 0 Å². The average molecular weight is 306 g/mol. The van der Waals surface area contributed by atoms with E-state index in [4.69, 9.17) is 16.3 Å². The van der Waals surface area contributed by atoms with Crippen molar-refractivity contribution in [2.75, 3.05) is 12.4 Å². The van der Waals surface area contributed by atoms with Crippen LogP contribution in [-0.4, -0.2) is 17.1 Å². The molecule has 112 valence electrons. The maximum atomic E-state index is 6.19. The van der Waals surface area contributed by atoms with Gasteiger partial charge in [-0.15, -0.1) is 0 Å². The molecule has 2 aromatic rings. The Balaban J connectivity index is 2.32. The van der Waals surface area contributed by atoms with E-state index in [1.807, 2.05) is 32.0 Å². The van der Waals surface area contributed by atoms with E-state index in [0.29, 0.717) is 5.15 Å². The third kappa shape index (κ3) is 3.64. The number of aromatic nitrogens is 2. The molecule has 1 aromatic heterocycles. The number of ether oxygens (including phenoxy) is 1. The number of benzene rings is 1. The van der Waals surface area contributed by atoms with E-state index in [-0.39, 0.29) is 0 Å². The topological polar surface area (TPSA) is 47.0 Å². The Morgan fingerprint density at radius 2 is 2.00 bits per heavy atom. The van der Waals surface area contributed by atoms with Crippen molar-refractivity contribution in [3.63, 3.8) is 0 Å². The van der Waals surface area contributed by atoms with Crippen LogP contribution in [-0.2, 0) is 6.42 Å². The summed E-state index contributed by atoms with van der Waals surface area (Å²) >= 11 is 6.19. The largest absolute Gasteiger partial charge is 0.496 e. The maximum Gasteiger partial charge on any atom is 0.138 e. The normalized spacial score (nSPS) is 10.5. The molecule has 0 fully saturated rings. The third-order valence-electron chi connectivity index (χ3n) is 3.26. The Labute approximate surface area is 130 Å². The lowest BCUT2D eigenvalue weighted by atomic mass is 10.2. The summed E-state index contributed by atoms with van der Waals surface area (Å²) in [4.78, 5) is 8.86. The molecule has 0 aliphatic rings. The summed E-state index contributed by atoms with van der Waals surface area (Å²) in [6.45, 7) is 6.01. The highest BCUT2D eigenvalue weighted by Crippen LogP contribution is 2.27. The summed E-state index contributed by atoms with van der Waals surface area (Å²) < 4.78 is 5.27. The average Bonchev–Trinajstić information content (AvgIpc) is 2.45. The van der Waals surface area contributed by atoms with Crippen molar-refractivity contribution in [3.05, 3.63) is 40.3 Å². The van der Waals surface area contributed by atoms with Crippen molar-refractivity contribution in [2.45, 2.75) is 33.6 Å². The molecule has 2 rings (SSSR count). The molecule has 5 heteroatoms. The first-order chi connectivity index (χ1) is 10.0. The fraction of sp³-hybridized carbons (Fsp3) is 0.375. The van der Waals surface area contributed by atoms with E-state index in [9.17, 15) is 0 Å². The molecule has 21 heavy (non-hydrogen) atoms. The van der Waals surface area contributed by atoms with Gasteiger partial charge < -0.3 is 10.1 Å². The van der Waals surface area contributed by atoms with Gasteiger partial charge in [-0.1, -0.05) is 18.5 Å². The number of methoxy groups -OCH3 is 1. The van der Waals surface area contributed by atoms with E-state index in [0.717, 1.165) is 47.0 Å². The van der Waals surface area contributed by atoms with Gasteiger partial charge in [-0.2, -0.15) is 0 Å². The molecule has 0 saturated heterocycles. The fourth-order valence-corrected chi connectivity index (χ4v) is 2.27. The predicted octanol–water partition coefficient (Wildman–Crippen LogP) is 4.45. The number of halogens is 1. The minimum absolute atomic E-state index is 0.501. The maximum absolute atomic E-state index is 6.19. The standard InChI is InChI=1S/C16H20ClN3O/c1-5-6-14-19-15(17)11(3)16(20-14)18-12-7-8-13(21-4)10(2)9-12/h7-9H,5-6H2,1-4H3,(H,18,19,20). The molecule has 0 saturated carbocycles. The summed E-state index contributed by atoms with van der Waals surface area (Å²) in [6, 6.07) is 5.91. The van der Waals surface area contributed by atoms with Gasteiger partial charge in [0.05, 0.1) is 7.11 Å². The fourth-order valence-electron chi connectivity index (χ4n) is 2.08. The van der Waals surface area contributed by atoms with Crippen LogP contribution >= 0.6 is 11.6 Å². The van der Waals surface area contributed by atoms with Crippen molar-refractivity contribution >= 4 is 23.1 Å². The first-order valence-electron chi connectivity index (χ1n) is 6.99. The van der Waals surface area contributed by atoms with Crippen molar-refractivity contribution < 1.29 is 4.74 Å². The lowest BCUT2D eigenvalue weighted by Crippen LogP contribution is -2.04. The highest BCUT2D eigenvalue weighted by Gasteiger charge is 2.10. The summed E-state index contributed by atoms with van der Waals surface area (Å²) in [7, 11) is 1.67. The Hall–Kier alpha value is -1.81. The molecule has 4 nitrogen and oxygen atoms in total. The highest BCUT2D eigenvalue weighted by molar-refractivity contribution is 6.30. The van der Waals surface area contributed by atoms with Crippen LogP contribution in [0.1, 0.15) is 30.3 Å². The van der Waals surface area contributed by atoms with Crippen molar-refractivity contribution in [1.29, 1.82) is 0 Å². The van der Waals surface area contributed by atoms with Gasteiger partial charge in [0.2, 0.25) is 0 Å². The van der Waals surface area contributed by atoms with E-state index in [1.165, 1.54) is 0 Å². The molecule has 1 N–H and O–H groups in total. The molecule has 1 heterocycles. The Kier molecular flexibility index (Phi) is 5.02. The zero-order chi connectivity index (χ0) is 15.4. The third-order valence-corrected chi connectivity index (χ3v) is 3.63. The lowest BCUT2D eigenvalue weighted by molar-refractivity contribution is 0.412. The molecule has 0 unspecified atom stereocenters. The highest BCUT2D eigenvalue weighted by atomic mass is 35.5. The van der Waals surface area contributed by atoms with Crippen LogP contribution in [0.25, 0.3) is 0 Å². The smallest absolute Gasteiger partial charge is 0.138 e. The predicted molar refractivity (Wildman–Crippen MR) is 86.8 cm³/mol. The number of nitrogens with zero attached hydrogens (tertiary/aromatic N) is 2. The Morgan fingerprint density at radius 3 is 2.62 bits per heavy atom. The number of hydrogen-bond donors (Lipinski definition) is 1. The Bertz CT molecular complexity index is 644. The van der Waals surface area contributed by atoms with Crippen LogP contribution < -0.4 is 10.1 Å². The minimum atomic E-state index is 0.501. The summed E-state index contributed by atoms with van der Waals surface area (Å²) in [5.41, 5.74) is 2.87. The van der Waals surface area contributed by atoms with Crippen LogP contribution in [0.3, 0.4) is 0 Å². The van der Waals surface area contributed by atoms with Gasteiger partial charge in [0, 0.05) is 17.7 Å². The number of rotatable bonds is 5. The molecule has 0 aliphatic heterocycles. The monoisotopic (exact) mass is 305 g/mol. The van der Waals surface area contributed by atoms with E-state index >= 15 is 0 Å². The molecule has 0 radical (unpaired) electrons. The van der Waals surface area contributed by atoms with Gasteiger partial charge in [0.15, 0.2) is 0 Å². The van der Waals surface area contributed by atoms with E-state index in [2.05, 4.69) is 22.2 Å². The second-order valence-electron chi connectivity index (χ2n) is 4.96. The first-order valence-corrected chi connectivity index (χ1v) is 7.37. The second kappa shape index (κ2) is 6.76. The molecular weight excluding hydrogens is 286 g/mol. The molecule has 0 amide bonds. The van der Waals surface area contributed by atoms with Gasteiger partial charge in [0.1, 0.15) is 22.5 Å². The van der Waals surface area contributed by atoms with Crippen LogP contribution in [0, 0.1) is 13.8 Å². The lowest BCUT2D eigenvalue weighted by Gasteiger charge is -2.13. The summed E-state index contributed by atoms with van der Waals surface area (Å²) in [5, 5.41) is 3.81. The number of nitrogens with one attached hydrogen (secondary N) is 1. The van der Waals surface area contributed by atoms with Gasteiger partial charge in [-0.25, -0.2) is 9.97 Å². The zero-order valence-corrected chi connectivity index (χ0v) is 13.6. The summed E-state index contributed by atoms with van der Waals surface area (Å²) in [5.74, 6) is 2.38. The van der Waals surface area contributed by atoms with Gasteiger partial charge in [-0.05, 0) is 44.0 Å².